The second-order valence-corrected chi connectivity index (χ2v) is 6.18. The molecule has 2 aliphatic heterocycles. The molecule has 5 nitrogen and oxygen atoms in total. The predicted octanol–water partition coefficient (Wildman–Crippen LogP) is 0.973. The van der Waals surface area contributed by atoms with Gasteiger partial charge in [-0.25, -0.2) is 0 Å². The molecule has 3 rings (SSSR count). The minimum Gasteiger partial charge on any atom is -0.396 e. The maximum absolute atomic E-state index is 12.6. The van der Waals surface area contributed by atoms with E-state index in [0.717, 1.165) is 51.4 Å². The highest BCUT2D eigenvalue weighted by molar-refractivity contribution is 5.94. The van der Waals surface area contributed by atoms with Crippen molar-refractivity contribution in [2.75, 3.05) is 46.0 Å². The summed E-state index contributed by atoms with van der Waals surface area (Å²) in [5.74, 6) is 0.320. The van der Waals surface area contributed by atoms with Crippen LogP contribution in [0.2, 0.25) is 0 Å². The molecule has 1 unspecified atom stereocenters. The van der Waals surface area contributed by atoms with Gasteiger partial charge in [0.05, 0.1) is 13.2 Å². The van der Waals surface area contributed by atoms with E-state index in [1.807, 2.05) is 23.1 Å². The molecule has 2 aliphatic rings. The van der Waals surface area contributed by atoms with E-state index in [2.05, 4.69) is 11.0 Å². The minimum atomic E-state index is 0.0831. The summed E-state index contributed by atoms with van der Waals surface area (Å²) in [6.45, 7) is 5.92. The number of likely N-dealkylation sites (tertiary alicyclic amines) is 1. The van der Waals surface area contributed by atoms with Crippen molar-refractivity contribution in [2.45, 2.75) is 13.0 Å². The molecule has 0 spiro atoms. The van der Waals surface area contributed by atoms with Crippen molar-refractivity contribution in [2.24, 2.45) is 5.92 Å². The number of rotatable bonds is 4. The Kier molecular flexibility index (Phi) is 5.08. The molecular weight excluding hydrogens is 280 g/mol. The van der Waals surface area contributed by atoms with Gasteiger partial charge in [-0.05, 0) is 24.1 Å². The molecule has 0 saturated carbocycles. The summed E-state index contributed by atoms with van der Waals surface area (Å²) < 4.78 is 5.36. The Morgan fingerprint density at radius 3 is 2.82 bits per heavy atom. The Bertz CT molecular complexity index is 514. The van der Waals surface area contributed by atoms with E-state index >= 15 is 0 Å². The number of amides is 1. The van der Waals surface area contributed by atoms with E-state index in [-0.39, 0.29) is 18.4 Å². The molecule has 0 aliphatic carbocycles. The van der Waals surface area contributed by atoms with Gasteiger partial charge in [0.15, 0.2) is 0 Å². The third kappa shape index (κ3) is 3.66. The average Bonchev–Trinajstić information content (AvgIpc) is 3.04. The molecule has 2 fully saturated rings. The molecule has 2 saturated heterocycles. The summed E-state index contributed by atoms with van der Waals surface area (Å²) in [4.78, 5) is 16.8. The van der Waals surface area contributed by atoms with Crippen molar-refractivity contribution in [3.8, 4) is 0 Å². The maximum atomic E-state index is 12.6. The first-order chi connectivity index (χ1) is 10.8. The number of morpholine rings is 1. The second kappa shape index (κ2) is 7.22. The monoisotopic (exact) mass is 304 g/mol. The van der Waals surface area contributed by atoms with Crippen molar-refractivity contribution in [1.82, 2.24) is 9.80 Å². The number of aliphatic hydroxyl groups excluding tert-OH is 1. The number of hydrogen-bond donors (Lipinski definition) is 1. The van der Waals surface area contributed by atoms with Crippen LogP contribution in [-0.4, -0.2) is 66.8 Å². The zero-order chi connectivity index (χ0) is 15.4. The molecule has 1 aromatic rings. The number of hydrogen-bond acceptors (Lipinski definition) is 4. The van der Waals surface area contributed by atoms with Gasteiger partial charge >= 0.3 is 0 Å². The number of benzene rings is 1. The highest BCUT2D eigenvalue weighted by Crippen LogP contribution is 2.19. The largest absolute Gasteiger partial charge is 0.396 e. The van der Waals surface area contributed by atoms with Crippen LogP contribution >= 0.6 is 0 Å². The summed E-state index contributed by atoms with van der Waals surface area (Å²) in [6.07, 6.45) is 0.899. The number of ether oxygens (including phenoxy) is 1. The lowest BCUT2D eigenvalue weighted by Crippen LogP contribution is -2.35. The zero-order valence-electron chi connectivity index (χ0n) is 12.9. The molecular formula is C17H24N2O3. The van der Waals surface area contributed by atoms with Crippen molar-refractivity contribution in [1.29, 1.82) is 0 Å². The Hall–Kier alpha value is -1.43. The van der Waals surface area contributed by atoms with Crippen LogP contribution in [-0.2, 0) is 11.3 Å². The highest BCUT2D eigenvalue weighted by atomic mass is 16.5. The van der Waals surface area contributed by atoms with E-state index in [4.69, 9.17) is 4.74 Å². The molecule has 22 heavy (non-hydrogen) atoms. The Labute approximate surface area is 131 Å². The molecule has 2 heterocycles. The van der Waals surface area contributed by atoms with E-state index in [0.29, 0.717) is 6.54 Å². The lowest BCUT2D eigenvalue weighted by Gasteiger charge is -2.26. The van der Waals surface area contributed by atoms with Crippen LogP contribution in [0.5, 0.6) is 0 Å². The molecule has 1 N–H and O–H groups in total. The van der Waals surface area contributed by atoms with Gasteiger partial charge in [-0.3, -0.25) is 9.69 Å². The van der Waals surface area contributed by atoms with Gasteiger partial charge < -0.3 is 14.7 Å². The van der Waals surface area contributed by atoms with Crippen LogP contribution in [0.4, 0.5) is 0 Å². The van der Waals surface area contributed by atoms with E-state index in [1.54, 1.807) is 0 Å². The number of carbonyl (C=O) groups is 1. The summed E-state index contributed by atoms with van der Waals surface area (Å²) >= 11 is 0. The minimum absolute atomic E-state index is 0.0831. The number of nitrogens with zero attached hydrogens (tertiary/aromatic N) is 2. The smallest absolute Gasteiger partial charge is 0.253 e. The molecule has 1 amide bonds. The van der Waals surface area contributed by atoms with Gasteiger partial charge in [0.25, 0.3) is 5.91 Å². The molecule has 0 aromatic heterocycles. The molecule has 0 bridgehead atoms. The van der Waals surface area contributed by atoms with E-state index in [9.17, 15) is 9.90 Å². The predicted molar refractivity (Wildman–Crippen MR) is 83.6 cm³/mol. The second-order valence-electron chi connectivity index (χ2n) is 6.18. The van der Waals surface area contributed by atoms with Crippen LogP contribution < -0.4 is 0 Å². The summed E-state index contributed by atoms with van der Waals surface area (Å²) in [5, 5.41) is 9.21. The van der Waals surface area contributed by atoms with Gasteiger partial charge in [0.1, 0.15) is 0 Å². The fraction of sp³-hybridized carbons (Fsp3) is 0.588. The summed E-state index contributed by atoms with van der Waals surface area (Å²) in [7, 11) is 0. The highest BCUT2D eigenvalue weighted by Gasteiger charge is 2.26. The van der Waals surface area contributed by atoms with Crippen LogP contribution in [0, 0.1) is 5.92 Å². The van der Waals surface area contributed by atoms with Crippen molar-refractivity contribution >= 4 is 5.91 Å². The normalized spacial score (nSPS) is 23.0. The summed E-state index contributed by atoms with van der Waals surface area (Å²) in [5.41, 5.74) is 1.93. The topological polar surface area (TPSA) is 53.0 Å². The fourth-order valence-electron chi connectivity index (χ4n) is 3.17. The third-order valence-corrected chi connectivity index (χ3v) is 4.52. The molecule has 120 valence electrons. The van der Waals surface area contributed by atoms with Crippen LogP contribution in [0.3, 0.4) is 0 Å². The first-order valence-electron chi connectivity index (χ1n) is 8.05. The van der Waals surface area contributed by atoms with Crippen LogP contribution in [0.15, 0.2) is 24.3 Å². The lowest BCUT2D eigenvalue weighted by molar-refractivity contribution is 0.0341. The Balaban J connectivity index is 1.64. The standard InChI is InChI=1S/C17H24N2O3/c20-13-15-4-5-19(12-15)17(21)16-3-1-2-14(10-16)11-18-6-8-22-9-7-18/h1-3,10,15,20H,4-9,11-13H2. The number of aliphatic hydroxyl groups is 1. The van der Waals surface area contributed by atoms with E-state index in [1.165, 1.54) is 5.56 Å². The molecule has 0 radical (unpaired) electrons. The lowest BCUT2D eigenvalue weighted by atomic mass is 10.1. The first kappa shape index (κ1) is 15.5. The van der Waals surface area contributed by atoms with E-state index < -0.39 is 0 Å². The van der Waals surface area contributed by atoms with Crippen molar-refractivity contribution in [3.63, 3.8) is 0 Å². The zero-order valence-corrected chi connectivity index (χ0v) is 12.9. The van der Waals surface area contributed by atoms with Gasteiger partial charge in [-0.15, -0.1) is 0 Å². The van der Waals surface area contributed by atoms with Crippen LogP contribution in [0.25, 0.3) is 0 Å². The van der Waals surface area contributed by atoms with Gasteiger partial charge in [0.2, 0.25) is 0 Å². The maximum Gasteiger partial charge on any atom is 0.253 e. The molecule has 1 aromatic carbocycles. The summed E-state index contributed by atoms with van der Waals surface area (Å²) in [6, 6.07) is 7.93. The van der Waals surface area contributed by atoms with Gasteiger partial charge in [-0.1, -0.05) is 12.1 Å². The average molecular weight is 304 g/mol. The fourth-order valence-corrected chi connectivity index (χ4v) is 3.17. The van der Waals surface area contributed by atoms with Crippen LogP contribution in [0.1, 0.15) is 22.3 Å². The van der Waals surface area contributed by atoms with Crippen molar-refractivity contribution < 1.29 is 14.6 Å². The Morgan fingerprint density at radius 1 is 1.27 bits per heavy atom. The molecule has 5 heteroatoms. The first-order valence-corrected chi connectivity index (χ1v) is 8.05. The molecule has 1 atom stereocenters. The number of carbonyl (C=O) groups excluding carboxylic acids is 1. The SMILES string of the molecule is O=C(c1cccc(CN2CCOCC2)c1)N1CCC(CO)C1. The van der Waals surface area contributed by atoms with Crippen molar-refractivity contribution in [3.05, 3.63) is 35.4 Å². The van der Waals surface area contributed by atoms with Gasteiger partial charge in [0, 0.05) is 50.8 Å². The Morgan fingerprint density at radius 2 is 2.09 bits per heavy atom. The third-order valence-electron chi connectivity index (χ3n) is 4.52. The van der Waals surface area contributed by atoms with Gasteiger partial charge in [-0.2, -0.15) is 0 Å². The quantitative estimate of drug-likeness (QED) is 0.901.